The lowest BCUT2D eigenvalue weighted by Gasteiger charge is -2.19. The van der Waals surface area contributed by atoms with Gasteiger partial charge < -0.3 is 10.3 Å². The van der Waals surface area contributed by atoms with Crippen LogP contribution in [0.1, 0.15) is 31.3 Å². The Morgan fingerprint density at radius 1 is 1.22 bits per heavy atom. The number of benzene rings is 2. The van der Waals surface area contributed by atoms with Crippen LogP contribution in [-0.2, 0) is 4.79 Å². The zero-order chi connectivity index (χ0) is 19.4. The molecular weight excluding hydrogens is 344 g/mol. The fraction of sp³-hybridized carbons (Fsp3) is 0.200. The first-order valence-corrected chi connectivity index (χ1v) is 8.61. The third-order valence-corrected chi connectivity index (χ3v) is 4.17. The molecule has 0 aliphatic rings. The number of rotatable bonds is 6. The number of nitrogens with one attached hydrogen (secondary N) is 2. The van der Waals surface area contributed by atoms with Crippen molar-refractivity contribution in [1.82, 2.24) is 15.3 Å². The summed E-state index contributed by atoms with van der Waals surface area (Å²) in [5, 5.41) is 13.8. The summed E-state index contributed by atoms with van der Waals surface area (Å²) >= 11 is 0. The van der Waals surface area contributed by atoms with Gasteiger partial charge in [-0.15, -0.1) is 0 Å². The molecule has 0 fully saturated rings. The lowest BCUT2D eigenvalue weighted by Crippen LogP contribution is -2.31. The maximum absolute atomic E-state index is 12.4. The number of nitrogens with zero attached hydrogens (tertiary/aromatic N) is 2. The van der Waals surface area contributed by atoms with Gasteiger partial charge >= 0.3 is 0 Å². The first kappa shape index (κ1) is 18.3. The van der Waals surface area contributed by atoms with Gasteiger partial charge in [-0.05, 0) is 29.7 Å². The Hall–Kier alpha value is -3.48. The highest BCUT2D eigenvalue weighted by molar-refractivity contribution is 5.92. The topological polar surface area (TPSA) is 101 Å². The van der Waals surface area contributed by atoms with Crippen molar-refractivity contribution in [3.63, 3.8) is 0 Å². The Kier molecular flexibility index (Phi) is 5.30. The molecule has 27 heavy (non-hydrogen) atoms. The smallest absolute Gasteiger partial charge is 0.270 e. The summed E-state index contributed by atoms with van der Waals surface area (Å²) in [6, 6.07) is 13.5. The Bertz CT molecular complexity index is 974. The average Bonchev–Trinajstić information content (AvgIpc) is 3.08. The Morgan fingerprint density at radius 3 is 2.70 bits per heavy atom. The maximum Gasteiger partial charge on any atom is 0.270 e. The molecule has 3 rings (SSSR count). The minimum Gasteiger partial charge on any atom is -0.342 e. The van der Waals surface area contributed by atoms with Crippen molar-refractivity contribution in [3.05, 3.63) is 76.1 Å². The van der Waals surface area contributed by atoms with E-state index in [2.05, 4.69) is 15.3 Å². The van der Waals surface area contributed by atoms with E-state index in [1.807, 2.05) is 38.1 Å². The zero-order valence-electron chi connectivity index (χ0n) is 15.0. The van der Waals surface area contributed by atoms with E-state index in [9.17, 15) is 14.9 Å². The van der Waals surface area contributed by atoms with Gasteiger partial charge in [0.1, 0.15) is 5.82 Å². The molecule has 1 aromatic heterocycles. The van der Waals surface area contributed by atoms with Gasteiger partial charge in [0.2, 0.25) is 5.91 Å². The van der Waals surface area contributed by atoms with Gasteiger partial charge in [0.05, 0.1) is 22.0 Å². The van der Waals surface area contributed by atoms with Gasteiger partial charge in [0.15, 0.2) is 0 Å². The normalized spacial score (nSPS) is 12.6. The van der Waals surface area contributed by atoms with E-state index >= 15 is 0 Å². The molecule has 0 saturated heterocycles. The Labute approximate surface area is 156 Å². The number of H-pyrrole nitrogens is 1. The second-order valence-electron chi connectivity index (χ2n) is 6.55. The number of hydrogen-bond donors (Lipinski definition) is 2. The second kappa shape index (κ2) is 7.82. The molecular formula is C20H20N4O3. The summed E-state index contributed by atoms with van der Waals surface area (Å²) in [6.45, 7) is 4.00. The number of para-hydroxylation sites is 2. The van der Waals surface area contributed by atoms with Crippen LogP contribution >= 0.6 is 0 Å². The van der Waals surface area contributed by atoms with Crippen molar-refractivity contribution in [1.29, 1.82) is 0 Å². The fourth-order valence-corrected chi connectivity index (χ4v) is 2.79. The van der Waals surface area contributed by atoms with Crippen LogP contribution in [0.5, 0.6) is 0 Å². The van der Waals surface area contributed by atoms with Crippen LogP contribution < -0.4 is 5.32 Å². The van der Waals surface area contributed by atoms with Gasteiger partial charge in [0.25, 0.3) is 5.69 Å². The second-order valence-corrected chi connectivity index (χ2v) is 6.55. The largest absolute Gasteiger partial charge is 0.342 e. The first-order valence-electron chi connectivity index (χ1n) is 8.61. The molecule has 0 saturated carbocycles. The van der Waals surface area contributed by atoms with Crippen molar-refractivity contribution >= 4 is 28.7 Å². The molecule has 0 radical (unpaired) electrons. The van der Waals surface area contributed by atoms with E-state index in [0.29, 0.717) is 11.4 Å². The number of aromatic nitrogens is 2. The summed E-state index contributed by atoms with van der Waals surface area (Å²) in [5.74, 6) is 0.532. The van der Waals surface area contributed by atoms with E-state index in [4.69, 9.17) is 0 Å². The average molecular weight is 364 g/mol. The molecule has 1 unspecified atom stereocenters. The molecule has 2 aromatic carbocycles. The molecule has 1 amide bonds. The van der Waals surface area contributed by atoms with Crippen molar-refractivity contribution in [3.8, 4) is 0 Å². The number of amides is 1. The number of nitro benzene ring substituents is 1. The molecule has 7 nitrogen and oxygen atoms in total. The van der Waals surface area contributed by atoms with E-state index in [1.165, 1.54) is 18.2 Å². The SMILES string of the molecule is CC(C)C(NC(=O)/C=C/c1cccc([N+](=O)[O-])c1)c1nc2ccccc2[nH]1. The number of nitro groups is 1. The summed E-state index contributed by atoms with van der Waals surface area (Å²) < 4.78 is 0. The van der Waals surface area contributed by atoms with Crippen LogP contribution in [0.25, 0.3) is 17.1 Å². The van der Waals surface area contributed by atoms with Gasteiger partial charge in [-0.2, -0.15) is 0 Å². The summed E-state index contributed by atoms with van der Waals surface area (Å²) in [6.07, 6.45) is 2.93. The van der Waals surface area contributed by atoms with Crippen LogP contribution in [0.2, 0.25) is 0 Å². The van der Waals surface area contributed by atoms with Gasteiger partial charge in [0, 0.05) is 18.2 Å². The molecule has 7 heteroatoms. The number of imidazole rings is 1. The number of carbonyl (C=O) groups excluding carboxylic acids is 1. The van der Waals surface area contributed by atoms with Crippen molar-refractivity contribution in [2.75, 3.05) is 0 Å². The number of hydrogen-bond acceptors (Lipinski definition) is 4. The third-order valence-electron chi connectivity index (χ3n) is 4.17. The summed E-state index contributed by atoms with van der Waals surface area (Å²) in [7, 11) is 0. The van der Waals surface area contributed by atoms with Crippen molar-refractivity contribution in [2.45, 2.75) is 19.9 Å². The standard InChI is InChI=1S/C20H20N4O3/c1-13(2)19(20-21-16-8-3-4-9-17(16)22-20)23-18(25)11-10-14-6-5-7-15(12-14)24(26)27/h3-13,19H,1-2H3,(H,21,22)(H,23,25)/b11-10+. The molecule has 0 aliphatic carbocycles. The van der Waals surface area contributed by atoms with Gasteiger partial charge in [-0.1, -0.05) is 38.1 Å². The summed E-state index contributed by atoms with van der Waals surface area (Å²) in [5.41, 5.74) is 2.34. The van der Waals surface area contributed by atoms with E-state index in [1.54, 1.807) is 18.2 Å². The van der Waals surface area contributed by atoms with E-state index in [0.717, 1.165) is 11.0 Å². The number of aromatic amines is 1. The predicted molar refractivity (Wildman–Crippen MR) is 104 cm³/mol. The molecule has 1 atom stereocenters. The van der Waals surface area contributed by atoms with Gasteiger partial charge in [-0.3, -0.25) is 14.9 Å². The molecule has 2 N–H and O–H groups in total. The molecule has 0 spiro atoms. The molecule has 138 valence electrons. The number of non-ortho nitro benzene ring substituents is 1. The van der Waals surface area contributed by atoms with Crippen LogP contribution in [0, 0.1) is 16.0 Å². The van der Waals surface area contributed by atoms with Crippen LogP contribution in [0.3, 0.4) is 0 Å². The van der Waals surface area contributed by atoms with E-state index < -0.39 is 4.92 Å². The van der Waals surface area contributed by atoms with Crippen LogP contribution in [0.15, 0.2) is 54.6 Å². The number of carbonyl (C=O) groups is 1. The minimum atomic E-state index is -0.465. The van der Waals surface area contributed by atoms with Gasteiger partial charge in [-0.25, -0.2) is 4.98 Å². The highest BCUT2D eigenvalue weighted by Crippen LogP contribution is 2.22. The molecule has 3 aromatic rings. The monoisotopic (exact) mass is 364 g/mol. The van der Waals surface area contributed by atoms with Crippen molar-refractivity contribution in [2.24, 2.45) is 5.92 Å². The minimum absolute atomic E-state index is 0.0140. The Morgan fingerprint density at radius 2 is 2.00 bits per heavy atom. The van der Waals surface area contributed by atoms with E-state index in [-0.39, 0.29) is 23.6 Å². The predicted octanol–water partition coefficient (Wildman–Crippen LogP) is 4.00. The maximum atomic E-state index is 12.4. The lowest BCUT2D eigenvalue weighted by atomic mass is 10.0. The third kappa shape index (κ3) is 4.38. The first-order chi connectivity index (χ1) is 12.9. The number of fused-ring (bicyclic) bond motifs is 1. The fourth-order valence-electron chi connectivity index (χ4n) is 2.79. The highest BCUT2D eigenvalue weighted by atomic mass is 16.6. The van der Waals surface area contributed by atoms with Crippen LogP contribution in [0.4, 0.5) is 5.69 Å². The van der Waals surface area contributed by atoms with Crippen LogP contribution in [-0.4, -0.2) is 20.8 Å². The lowest BCUT2D eigenvalue weighted by molar-refractivity contribution is -0.384. The highest BCUT2D eigenvalue weighted by Gasteiger charge is 2.21. The molecule has 1 heterocycles. The zero-order valence-corrected chi connectivity index (χ0v) is 15.0. The van der Waals surface area contributed by atoms with Crippen molar-refractivity contribution < 1.29 is 9.72 Å². The summed E-state index contributed by atoms with van der Waals surface area (Å²) in [4.78, 5) is 30.6. The molecule has 0 aliphatic heterocycles. The molecule has 0 bridgehead atoms. The Balaban J connectivity index is 1.75. The quantitative estimate of drug-likeness (QED) is 0.392.